The molecule has 3 aromatic rings. The molecule has 1 N–H and O–H groups in total. The van der Waals surface area contributed by atoms with Crippen molar-refractivity contribution in [1.82, 2.24) is 9.97 Å². The fourth-order valence-corrected chi connectivity index (χ4v) is 2.47. The van der Waals surface area contributed by atoms with Gasteiger partial charge in [-0.1, -0.05) is 6.07 Å². The first-order valence-corrected chi connectivity index (χ1v) is 6.93. The lowest BCUT2D eigenvalue weighted by Gasteiger charge is -2.12. The molecule has 0 fully saturated rings. The van der Waals surface area contributed by atoms with E-state index in [0.29, 0.717) is 17.2 Å². The van der Waals surface area contributed by atoms with Crippen LogP contribution in [0.2, 0.25) is 0 Å². The molecule has 0 aliphatic carbocycles. The maximum atomic E-state index is 5.47. The fourth-order valence-electron chi connectivity index (χ4n) is 2.47. The highest BCUT2D eigenvalue weighted by Gasteiger charge is 2.16. The number of benzene rings is 2. The molecule has 0 aliphatic heterocycles. The van der Waals surface area contributed by atoms with Crippen LogP contribution in [0.3, 0.4) is 0 Å². The van der Waals surface area contributed by atoms with Gasteiger partial charge in [0.05, 0.1) is 37.9 Å². The third-order valence-corrected chi connectivity index (χ3v) is 3.60. The summed E-state index contributed by atoms with van der Waals surface area (Å²) in [6.07, 6.45) is 0. The number of imidazole rings is 1. The molecule has 3 rings (SSSR count). The first-order chi connectivity index (χ1) is 10.7. The highest BCUT2D eigenvalue weighted by atomic mass is 16.5. The number of fused-ring (bicyclic) bond motifs is 1. The van der Waals surface area contributed by atoms with Crippen LogP contribution in [0.15, 0.2) is 30.3 Å². The zero-order chi connectivity index (χ0) is 15.7. The van der Waals surface area contributed by atoms with Crippen LogP contribution in [0.1, 0.15) is 5.56 Å². The summed E-state index contributed by atoms with van der Waals surface area (Å²) < 4.78 is 16.1. The van der Waals surface area contributed by atoms with Gasteiger partial charge in [0.1, 0.15) is 11.6 Å². The molecular weight excluding hydrogens is 280 g/mol. The first-order valence-electron chi connectivity index (χ1n) is 6.93. The van der Waals surface area contributed by atoms with Gasteiger partial charge >= 0.3 is 0 Å². The van der Waals surface area contributed by atoms with Gasteiger partial charge in [0.2, 0.25) is 0 Å². The van der Waals surface area contributed by atoms with Crippen LogP contribution in [-0.4, -0.2) is 31.3 Å². The van der Waals surface area contributed by atoms with Crippen molar-refractivity contribution in [1.29, 1.82) is 0 Å². The van der Waals surface area contributed by atoms with Gasteiger partial charge in [-0.25, -0.2) is 4.98 Å². The van der Waals surface area contributed by atoms with Crippen molar-refractivity contribution in [2.45, 2.75) is 6.92 Å². The molecule has 0 aliphatic rings. The minimum Gasteiger partial charge on any atom is -0.496 e. The van der Waals surface area contributed by atoms with E-state index in [1.807, 2.05) is 18.2 Å². The summed E-state index contributed by atoms with van der Waals surface area (Å²) in [6.45, 7) is 2.05. The summed E-state index contributed by atoms with van der Waals surface area (Å²) in [5, 5.41) is 0. The number of aromatic nitrogens is 2. The van der Waals surface area contributed by atoms with E-state index in [-0.39, 0.29) is 0 Å². The summed E-state index contributed by atoms with van der Waals surface area (Å²) >= 11 is 0. The molecule has 114 valence electrons. The third kappa shape index (κ3) is 2.35. The predicted octanol–water partition coefficient (Wildman–Crippen LogP) is 3.56. The summed E-state index contributed by atoms with van der Waals surface area (Å²) in [4.78, 5) is 7.96. The number of hydrogen-bond acceptors (Lipinski definition) is 4. The van der Waals surface area contributed by atoms with E-state index in [1.165, 1.54) is 5.56 Å². The molecule has 0 atom stereocenters. The van der Waals surface area contributed by atoms with Crippen molar-refractivity contribution in [2.24, 2.45) is 0 Å². The van der Waals surface area contributed by atoms with Crippen LogP contribution in [0, 0.1) is 6.92 Å². The predicted molar refractivity (Wildman–Crippen MR) is 85.9 cm³/mol. The minimum atomic E-state index is 0.620. The van der Waals surface area contributed by atoms with Crippen LogP contribution < -0.4 is 14.2 Å². The highest BCUT2D eigenvalue weighted by molar-refractivity contribution is 5.82. The lowest BCUT2D eigenvalue weighted by atomic mass is 10.1. The molecule has 1 aromatic heterocycles. The first kappa shape index (κ1) is 14.3. The molecular formula is C17H18N2O3. The smallest absolute Gasteiger partial charge is 0.164 e. The lowest BCUT2D eigenvalue weighted by Crippen LogP contribution is -1.95. The number of rotatable bonds is 4. The Kier molecular flexibility index (Phi) is 3.63. The number of nitrogens with one attached hydrogen (secondary N) is 1. The van der Waals surface area contributed by atoms with Crippen molar-refractivity contribution < 1.29 is 14.2 Å². The Morgan fingerprint density at radius 3 is 2.23 bits per heavy atom. The van der Waals surface area contributed by atoms with Crippen LogP contribution in [0.25, 0.3) is 22.4 Å². The number of nitrogens with zero attached hydrogens (tertiary/aromatic N) is 1. The molecule has 0 saturated carbocycles. The Morgan fingerprint density at radius 2 is 1.55 bits per heavy atom. The normalized spacial score (nSPS) is 10.7. The van der Waals surface area contributed by atoms with Gasteiger partial charge in [0.25, 0.3) is 0 Å². The number of ether oxygens (including phenoxy) is 3. The van der Waals surface area contributed by atoms with Crippen LogP contribution in [0.4, 0.5) is 0 Å². The van der Waals surface area contributed by atoms with Gasteiger partial charge in [0, 0.05) is 6.07 Å². The second-order valence-corrected chi connectivity index (χ2v) is 5.01. The van der Waals surface area contributed by atoms with Crippen molar-refractivity contribution in [2.75, 3.05) is 21.3 Å². The Balaban J connectivity index is 2.19. The molecule has 2 aromatic carbocycles. The van der Waals surface area contributed by atoms with Crippen LogP contribution in [-0.2, 0) is 0 Å². The topological polar surface area (TPSA) is 56.4 Å². The summed E-state index contributed by atoms with van der Waals surface area (Å²) in [5.41, 5.74) is 3.92. The number of hydrogen-bond donors (Lipinski definition) is 1. The molecule has 22 heavy (non-hydrogen) atoms. The zero-order valence-corrected chi connectivity index (χ0v) is 13.1. The molecule has 5 heteroatoms. The van der Waals surface area contributed by atoms with E-state index in [0.717, 1.165) is 22.4 Å². The number of methoxy groups -OCH3 is 3. The molecule has 0 radical (unpaired) electrons. The minimum absolute atomic E-state index is 0.620. The average Bonchev–Trinajstić information content (AvgIpc) is 2.96. The van der Waals surface area contributed by atoms with Gasteiger partial charge < -0.3 is 19.2 Å². The van der Waals surface area contributed by atoms with E-state index >= 15 is 0 Å². The fraction of sp³-hybridized carbons (Fsp3) is 0.235. The molecule has 0 saturated heterocycles. The molecule has 1 heterocycles. The lowest BCUT2D eigenvalue weighted by molar-refractivity contribution is 0.349. The average molecular weight is 298 g/mol. The Hall–Kier alpha value is -2.69. The van der Waals surface area contributed by atoms with Crippen molar-refractivity contribution >= 4 is 11.0 Å². The SMILES string of the molecule is COc1cc(OC)c(-c2nc3ccc(C)cc3[nH]2)cc1OC. The van der Waals surface area contributed by atoms with Crippen molar-refractivity contribution in [3.8, 4) is 28.6 Å². The molecule has 0 unspecified atom stereocenters. The standard InChI is InChI=1S/C17H18N2O3/c1-10-5-6-12-13(7-10)19-17(18-12)11-8-15(21-3)16(22-4)9-14(11)20-2/h5-9H,1-4H3,(H,18,19). The largest absolute Gasteiger partial charge is 0.496 e. The van der Waals surface area contributed by atoms with Gasteiger partial charge in [0.15, 0.2) is 11.5 Å². The van der Waals surface area contributed by atoms with E-state index in [4.69, 9.17) is 14.2 Å². The Labute approximate surface area is 128 Å². The Morgan fingerprint density at radius 1 is 0.864 bits per heavy atom. The quantitative estimate of drug-likeness (QED) is 0.800. The van der Waals surface area contributed by atoms with Crippen molar-refractivity contribution in [3.05, 3.63) is 35.9 Å². The Bertz CT molecular complexity index is 824. The number of H-pyrrole nitrogens is 1. The van der Waals surface area contributed by atoms with E-state index in [2.05, 4.69) is 23.0 Å². The maximum absolute atomic E-state index is 5.47. The van der Waals surface area contributed by atoms with Gasteiger partial charge in [-0.3, -0.25) is 0 Å². The van der Waals surface area contributed by atoms with Gasteiger partial charge in [-0.15, -0.1) is 0 Å². The monoisotopic (exact) mass is 298 g/mol. The second-order valence-electron chi connectivity index (χ2n) is 5.01. The summed E-state index contributed by atoms with van der Waals surface area (Å²) in [7, 11) is 4.83. The zero-order valence-electron chi connectivity index (χ0n) is 13.1. The van der Waals surface area contributed by atoms with E-state index in [9.17, 15) is 0 Å². The second kappa shape index (κ2) is 5.60. The van der Waals surface area contributed by atoms with Crippen molar-refractivity contribution in [3.63, 3.8) is 0 Å². The molecule has 0 amide bonds. The number of aromatic amines is 1. The van der Waals surface area contributed by atoms with Crippen LogP contribution in [0.5, 0.6) is 17.2 Å². The molecule has 0 spiro atoms. The van der Waals surface area contributed by atoms with Crippen LogP contribution >= 0.6 is 0 Å². The summed E-state index contributed by atoms with van der Waals surface area (Å²) in [6, 6.07) is 9.77. The summed E-state index contributed by atoms with van der Waals surface area (Å²) in [5.74, 6) is 2.66. The third-order valence-electron chi connectivity index (χ3n) is 3.60. The van der Waals surface area contributed by atoms with E-state index < -0.39 is 0 Å². The van der Waals surface area contributed by atoms with Gasteiger partial charge in [-0.05, 0) is 30.7 Å². The molecule has 0 bridgehead atoms. The maximum Gasteiger partial charge on any atom is 0.164 e. The highest BCUT2D eigenvalue weighted by Crippen LogP contribution is 2.39. The van der Waals surface area contributed by atoms with Gasteiger partial charge in [-0.2, -0.15) is 0 Å². The van der Waals surface area contributed by atoms with E-state index in [1.54, 1.807) is 27.4 Å². The molecule has 5 nitrogen and oxygen atoms in total. The number of aryl methyl sites for hydroxylation is 1.